The molecule has 0 bridgehead atoms. The number of methoxy groups -OCH3 is 1. The number of amides is 1. The normalized spacial score (nSPS) is 10.9. The van der Waals surface area contributed by atoms with Crippen molar-refractivity contribution < 1.29 is 14.6 Å². The molecule has 3 rings (SSSR count). The van der Waals surface area contributed by atoms with E-state index in [4.69, 9.17) is 4.74 Å². The minimum atomic E-state index is -0.573. The molecule has 1 amide bonds. The summed E-state index contributed by atoms with van der Waals surface area (Å²) < 4.78 is 5.12. The summed E-state index contributed by atoms with van der Waals surface area (Å²) >= 11 is 0. The van der Waals surface area contributed by atoms with Crippen LogP contribution >= 0.6 is 0 Å². The van der Waals surface area contributed by atoms with Gasteiger partial charge in [-0.1, -0.05) is 12.1 Å². The number of ether oxygens (including phenoxy) is 1. The number of hydrogen-bond donors (Lipinski definition) is 3. The molecule has 2 aromatic carbocycles. The Morgan fingerprint density at radius 3 is 2.80 bits per heavy atom. The Labute approximate surface area is 142 Å². The fourth-order valence-electron chi connectivity index (χ4n) is 2.31. The van der Waals surface area contributed by atoms with Crippen molar-refractivity contribution in [2.75, 3.05) is 7.11 Å². The predicted octanol–water partition coefficient (Wildman–Crippen LogP) is 2.01. The van der Waals surface area contributed by atoms with E-state index in [0.29, 0.717) is 11.3 Å². The van der Waals surface area contributed by atoms with Crippen molar-refractivity contribution in [2.24, 2.45) is 5.10 Å². The third kappa shape index (κ3) is 3.50. The minimum Gasteiger partial charge on any atom is -0.507 e. The molecular formula is C18H15N3O4. The first-order valence-corrected chi connectivity index (χ1v) is 7.41. The predicted molar refractivity (Wildman–Crippen MR) is 94.3 cm³/mol. The number of aromatic hydroxyl groups is 1. The number of nitrogens with zero attached hydrogens (tertiary/aromatic N) is 1. The monoisotopic (exact) mass is 337 g/mol. The number of para-hydroxylation sites is 1. The van der Waals surface area contributed by atoms with Crippen molar-refractivity contribution in [2.45, 2.75) is 0 Å². The number of nitrogens with one attached hydrogen (secondary N) is 2. The van der Waals surface area contributed by atoms with Crippen LogP contribution < -0.4 is 15.7 Å². The topological polar surface area (TPSA) is 104 Å². The first-order chi connectivity index (χ1) is 12.1. The molecule has 3 N–H and O–H groups in total. The molecular weight excluding hydrogens is 322 g/mol. The smallest absolute Gasteiger partial charge is 0.275 e. The van der Waals surface area contributed by atoms with E-state index < -0.39 is 5.91 Å². The number of phenolic OH excluding ortho intramolecular Hbond substituents is 1. The summed E-state index contributed by atoms with van der Waals surface area (Å²) in [5.74, 6) is -0.0801. The zero-order valence-electron chi connectivity index (χ0n) is 13.3. The molecule has 3 aromatic rings. The van der Waals surface area contributed by atoms with E-state index in [1.165, 1.54) is 18.3 Å². The van der Waals surface area contributed by atoms with Gasteiger partial charge in [-0.2, -0.15) is 5.10 Å². The number of fused-ring (bicyclic) bond motifs is 1. The quantitative estimate of drug-likeness (QED) is 0.500. The van der Waals surface area contributed by atoms with Gasteiger partial charge in [-0.15, -0.1) is 0 Å². The van der Waals surface area contributed by atoms with Gasteiger partial charge in [0.25, 0.3) is 11.5 Å². The zero-order valence-corrected chi connectivity index (χ0v) is 13.3. The third-order valence-electron chi connectivity index (χ3n) is 3.60. The average molecular weight is 337 g/mol. The molecule has 25 heavy (non-hydrogen) atoms. The first kappa shape index (κ1) is 16.3. The molecule has 0 aliphatic rings. The van der Waals surface area contributed by atoms with Gasteiger partial charge < -0.3 is 14.8 Å². The first-order valence-electron chi connectivity index (χ1n) is 7.41. The highest BCUT2D eigenvalue weighted by Crippen LogP contribution is 2.18. The highest BCUT2D eigenvalue weighted by atomic mass is 16.5. The number of H-pyrrole nitrogens is 1. The largest absolute Gasteiger partial charge is 0.507 e. The van der Waals surface area contributed by atoms with Crippen molar-refractivity contribution in [3.8, 4) is 11.5 Å². The summed E-state index contributed by atoms with van der Waals surface area (Å²) in [4.78, 5) is 26.8. The molecule has 0 saturated carbocycles. The highest BCUT2D eigenvalue weighted by Gasteiger charge is 2.09. The molecule has 0 radical (unpaired) electrons. The van der Waals surface area contributed by atoms with E-state index >= 15 is 0 Å². The van der Waals surface area contributed by atoms with Gasteiger partial charge in [0.2, 0.25) is 0 Å². The van der Waals surface area contributed by atoms with Crippen molar-refractivity contribution in [1.82, 2.24) is 10.4 Å². The fourth-order valence-corrected chi connectivity index (χ4v) is 2.31. The number of hydrazone groups is 1. The second-order valence-corrected chi connectivity index (χ2v) is 5.22. The fraction of sp³-hybridized carbons (Fsp3) is 0.0556. The number of rotatable bonds is 4. The number of phenols is 1. The zero-order chi connectivity index (χ0) is 17.8. The van der Waals surface area contributed by atoms with Gasteiger partial charge in [0.15, 0.2) is 0 Å². The summed E-state index contributed by atoms with van der Waals surface area (Å²) in [6.07, 6.45) is 1.25. The van der Waals surface area contributed by atoms with Crippen LogP contribution in [0, 0.1) is 0 Å². The van der Waals surface area contributed by atoms with Gasteiger partial charge in [-0.05, 0) is 35.7 Å². The van der Waals surface area contributed by atoms with Crippen LogP contribution in [0.25, 0.3) is 10.9 Å². The number of carbonyl (C=O) groups is 1. The van der Waals surface area contributed by atoms with E-state index in [9.17, 15) is 14.7 Å². The van der Waals surface area contributed by atoms with Crippen LogP contribution in [0.15, 0.2) is 58.4 Å². The van der Waals surface area contributed by atoms with E-state index in [0.717, 1.165) is 5.39 Å². The van der Waals surface area contributed by atoms with E-state index in [1.54, 1.807) is 37.4 Å². The number of benzene rings is 2. The molecule has 0 aliphatic heterocycles. The summed E-state index contributed by atoms with van der Waals surface area (Å²) in [5, 5.41) is 14.2. The van der Waals surface area contributed by atoms with Crippen molar-refractivity contribution in [3.63, 3.8) is 0 Å². The summed E-state index contributed by atoms with van der Waals surface area (Å²) in [6, 6.07) is 13.1. The van der Waals surface area contributed by atoms with Gasteiger partial charge in [0.1, 0.15) is 11.5 Å². The van der Waals surface area contributed by atoms with Crippen molar-refractivity contribution in [3.05, 3.63) is 70.0 Å². The number of carbonyl (C=O) groups excluding carboxylic acids is 1. The van der Waals surface area contributed by atoms with E-state index in [1.807, 2.05) is 6.07 Å². The summed E-state index contributed by atoms with van der Waals surface area (Å²) in [6.45, 7) is 0. The Morgan fingerprint density at radius 2 is 2.04 bits per heavy atom. The van der Waals surface area contributed by atoms with E-state index in [2.05, 4.69) is 15.5 Å². The van der Waals surface area contributed by atoms with Crippen molar-refractivity contribution in [1.29, 1.82) is 0 Å². The number of aromatic nitrogens is 1. The number of pyridine rings is 1. The lowest BCUT2D eigenvalue weighted by Crippen LogP contribution is -2.19. The standard InChI is InChI=1S/C18H15N3O4/c1-25-13-7-6-11-8-12(17(23)20-15(11)9-13)10-19-21-18(24)14-4-2-3-5-16(14)22/h2-10,22H,1H3,(H,20,23)(H,21,24)/b19-10-. The molecule has 7 nitrogen and oxygen atoms in total. The Kier molecular flexibility index (Phi) is 4.47. The second kappa shape index (κ2) is 6.88. The number of aromatic amines is 1. The highest BCUT2D eigenvalue weighted by molar-refractivity contribution is 5.97. The van der Waals surface area contributed by atoms with Crippen LogP contribution in [0.4, 0.5) is 0 Å². The Balaban J connectivity index is 1.81. The lowest BCUT2D eigenvalue weighted by Gasteiger charge is -2.04. The van der Waals surface area contributed by atoms with Crippen LogP contribution in [0.1, 0.15) is 15.9 Å². The van der Waals surface area contributed by atoms with E-state index in [-0.39, 0.29) is 22.4 Å². The molecule has 0 atom stereocenters. The van der Waals surface area contributed by atoms with Crippen LogP contribution in [0.2, 0.25) is 0 Å². The summed E-state index contributed by atoms with van der Waals surface area (Å²) in [5.41, 5.74) is 2.96. The second-order valence-electron chi connectivity index (χ2n) is 5.22. The molecule has 7 heteroatoms. The third-order valence-corrected chi connectivity index (χ3v) is 3.60. The summed E-state index contributed by atoms with van der Waals surface area (Å²) in [7, 11) is 1.55. The maximum atomic E-state index is 12.1. The molecule has 0 saturated heterocycles. The lowest BCUT2D eigenvalue weighted by atomic mass is 10.1. The maximum absolute atomic E-state index is 12.1. The average Bonchev–Trinajstić information content (AvgIpc) is 2.62. The molecule has 1 aromatic heterocycles. The van der Waals surface area contributed by atoms with Gasteiger partial charge in [0.05, 0.1) is 30.0 Å². The van der Waals surface area contributed by atoms with Crippen LogP contribution in [-0.4, -0.2) is 29.3 Å². The molecule has 0 aliphatic carbocycles. The van der Waals surface area contributed by atoms with Gasteiger partial charge in [-0.25, -0.2) is 5.43 Å². The van der Waals surface area contributed by atoms with Gasteiger partial charge >= 0.3 is 0 Å². The Hall–Kier alpha value is -3.61. The molecule has 0 unspecified atom stereocenters. The maximum Gasteiger partial charge on any atom is 0.275 e. The Bertz CT molecular complexity index is 1020. The van der Waals surface area contributed by atoms with Crippen LogP contribution in [0.3, 0.4) is 0 Å². The minimum absolute atomic E-state index is 0.0964. The molecule has 0 spiro atoms. The molecule has 0 fully saturated rings. The van der Waals surface area contributed by atoms with Crippen LogP contribution in [0.5, 0.6) is 11.5 Å². The van der Waals surface area contributed by atoms with Crippen molar-refractivity contribution >= 4 is 23.0 Å². The SMILES string of the molecule is COc1ccc2cc(/C=N\NC(=O)c3ccccc3O)c(=O)[nH]c2c1. The van der Waals surface area contributed by atoms with Gasteiger partial charge in [0, 0.05) is 6.07 Å². The van der Waals surface area contributed by atoms with Gasteiger partial charge in [-0.3, -0.25) is 9.59 Å². The molecule has 126 valence electrons. The lowest BCUT2D eigenvalue weighted by molar-refractivity contribution is 0.0952. The van der Waals surface area contributed by atoms with Crippen LogP contribution in [-0.2, 0) is 0 Å². The molecule has 1 heterocycles. The Morgan fingerprint density at radius 1 is 1.24 bits per heavy atom. The number of hydrogen-bond acceptors (Lipinski definition) is 5.